The maximum atomic E-state index is 12.6. The summed E-state index contributed by atoms with van der Waals surface area (Å²) in [6.45, 7) is 3.70. The number of hydrogen-bond donors (Lipinski definition) is 1. The first-order valence-electron chi connectivity index (χ1n) is 8.68. The minimum Gasteiger partial charge on any atom is -0.422 e. The number of H-pyrrole nitrogens is 1. The predicted octanol–water partition coefficient (Wildman–Crippen LogP) is 3.96. The number of aromatic nitrogens is 1. The van der Waals surface area contributed by atoms with Crippen LogP contribution in [0.2, 0.25) is 0 Å². The lowest BCUT2D eigenvalue weighted by molar-refractivity contribution is -0.142. The van der Waals surface area contributed by atoms with Crippen molar-refractivity contribution in [1.29, 1.82) is 0 Å². The quantitative estimate of drug-likeness (QED) is 0.490. The van der Waals surface area contributed by atoms with Crippen LogP contribution in [0.3, 0.4) is 0 Å². The van der Waals surface area contributed by atoms with Crippen LogP contribution < -0.4 is 4.74 Å². The summed E-state index contributed by atoms with van der Waals surface area (Å²) in [7, 11) is -4.07. The van der Waals surface area contributed by atoms with Gasteiger partial charge in [-0.3, -0.25) is 4.18 Å². The first kappa shape index (κ1) is 19.1. The van der Waals surface area contributed by atoms with Crippen LogP contribution in [0.4, 0.5) is 0 Å². The summed E-state index contributed by atoms with van der Waals surface area (Å²) in [6, 6.07) is 13.6. The van der Waals surface area contributed by atoms with Crippen LogP contribution in [0, 0.1) is 6.92 Å². The Hall–Kier alpha value is -2.64. The van der Waals surface area contributed by atoms with Crippen molar-refractivity contribution < 1.29 is 22.1 Å². The fourth-order valence-corrected chi connectivity index (χ4v) is 3.75. The lowest BCUT2D eigenvalue weighted by atomic mass is 10.2. The molecular weight excluding hydrogens is 366 g/mol. The predicted molar refractivity (Wildman–Crippen MR) is 102 cm³/mol. The Labute approximate surface area is 158 Å². The third kappa shape index (κ3) is 4.37. The summed E-state index contributed by atoms with van der Waals surface area (Å²) in [5.74, 6) is -0.398. The van der Waals surface area contributed by atoms with Crippen LogP contribution in [0.15, 0.2) is 59.6 Å². The molecule has 0 radical (unpaired) electrons. The fourth-order valence-electron chi connectivity index (χ4n) is 2.68. The average Bonchev–Trinajstić information content (AvgIpc) is 3.04. The van der Waals surface area contributed by atoms with E-state index in [1.807, 2.05) is 38.1 Å². The maximum Gasteiger partial charge on any atom is 0.342 e. The molecule has 0 saturated heterocycles. The highest BCUT2D eigenvalue weighted by Crippen LogP contribution is 2.26. The molecule has 3 rings (SSSR count). The summed E-state index contributed by atoms with van der Waals surface area (Å²) in [5.41, 5.74) is 1.75. The minimum atomic E-state index is -4.07. The van der Waals surface area contributed by atoms with Crippen molar-refractivity contribution >= 4 is 27.0 Å². The zero-order chi connectivity index (χ0) is 19.4. The van der Waals surface area contributed by atoms with E-state index in [2.05, 4.69) is 4.98 Å². The van der Waals surface area contributed by atoms with Gasteiger partial charge in [0.2, 0.25) is 0 Å². The van der Waals surface area contributed by atoms with Gasteiger partial charge >= 0.3 is 5.97 Å². The molecule has 0 aliphatic carbocycles. The number of aryl methyl sites for hydroxylation is 1. The molecule has 1 unspecified atom stereocenters. The van der Waals surface area contributed by atoms with Crippen LogP contribution >= 0.6 is 0 Å². The number of hydrogen-bond acceptors (Lipinski definition) is 5. The number of rotatable bonds is 7. The van der Waals surface area contributed by atoms with Gasteiger partial charge in [0.15, 0.2) is 11.9 Å². The van der Waals surface area contributed by atoms with E-state index in [1.165, 1.54) is 12.1 Å². The third-order valence-corrected chi connectivity index (χ3v) is 5.46. The molecule has 0 fully saturated rings. The number of carbonyl (C=O) groups excluding carboxylic acids is 1. The zero-order valence-corrected chi connectivity index (χ0v) is 16.0. The van der Waals surface area contributed by atoms with Gasteiger partial charge in [-0.2, -0.15) is 8.42 Å². The van der Waals surface area contributed by atoms with Gasteiger partial charge in [0.05, 0.1) is 4.90 Å². The molecule has 2 aromatic carbocycles. The van der Waals surface area contributed by atoms with E-state index in [4.69, 9.17) is 8.92 Å². The van der Waals surface area contributed by atoms with Crippen molar-refractivity contribution in [2.24, 2.45) is 0 Å². The highest BCUT2D eigenvalue weighted by molar-refractivity contribution is 7.86. The molecule has 0 aliphatic rings. The molecule has 1 aromatic heterocycles. The summed E-state index contributed by atoms with van der Waals surface area (Å²) in [5, 5.41) is 0.738. The molecule has 3 aromatic rings. The standard InChI is InChI=1S/C20H21NO5S/c1-3-6-18(26-27(23,24)15-11-9-14(2)10-12-15)20(22)25-19-13-21-17-8-5-4-7-16(17)19/h4-5,7-13,18,21H,3,6H2,1-2H3. The van der Waals surface area contributed by atoms with Gasteiger partial charge in [0.25, 0.3) is 10.1 Å². The van der Waals surface area contributed by atoms with Crippen LogP contribution in [-0.2, 0) is 19.1 Å². The Balaban J connectivity index is 1.80. The lowest BCUT2D eigenvalue weighted by Gasteiger charge is -2.15. The van der Waals surface area contributed by atoms with Gasteiger partial charge in [-0.25, -0.2) is 4.79 Å². The molecule has 7 heteroatoms. The second-order valence-electron chi connectivity index (χ2n) is 6.26. The lowest BCUT2D eigenvalue weighted by Crippen LogP contribution is -2.31. The van der Waals surface area contributed by atoms with Crippen molar-refractivity contribution in [2.75, 3.05) is 0 Å². The normalized spacial score (nSPS) is 12.8. The fraction of sp³-hybridized carbons (Fsp3) is 0.250. The van der Waals surface area contributed by atoms with E-state index in [9.17, 15) is 13.2 Å². The van der Waals surface area contributed by atoms with Crippen LogP contribution in [0.5, 0.6) is 5.75 Å². The molecule has 0 aliphatic heterocycles. The number of aromatic amines is 1. The molecular formula is C20H21NO5S. The van der Waals surface area contributed by atoms with Gasteiger partial charge in [-0.05, 0) is 37.6 Å². The summed E-state index contributed by atoms with van der Waals surface area (Å²) >= 11 is 0. The molecule has 27 heavy (non-hydrogen) atoms. The molecule has 6 nitrogen and oxygen atoms in total. The Morgan fingerprint density at radius 3 is 2.52 bits per heavy atom. The van der Waals surface area contributed by atoms with Crippen molar-refractivity contribution in [3.63, 3.8) is 0 Å². The van der Waals surface area contributed by atoms with Crippen LogP contribution in [-0.4, -0.2) is 25.5 Å². The van der Waals surface area contributed by atoms with E-state index in [-0.39, 0.29) is 11.3 Å². The highest BCUT2D eigenvalue weighted by atomic mass is 32.2. The van der Waals surface area contributed by atoms with Gasteiger partial charge in [0, 0.05) is 17.1 Å². The number of para-hydroxylation sites is 1. The minimum absolute atomic E-state index is 0.00842. The summed E-state index contributed by atoms with van der Waals surface area (Å²) in [4.78, 5) is 15.6. The van der Waals surface area contributed by atoms with Crippen molar-refractivity contribution in [1.82, 2.24) is 4.98 Å². The van der Waals surface area contributed by atoms with Gasteiger partial charge < -0.3 is 9.72 Å². The Kier molecular flexibility index (Phi) is 5.62. The van der Waals surface area contributed by atoms with Crippen LogP contribution in [0.1, 0.15) is 25.3 Å². The Morgan fingerprint density at radius 1 is 1.11 bits per heavy atom. The molecule has 0 bridgehead atoms. The van der Waals surface area contributed by atoms with Gasteiger partial charge in [0.1, 0.15) is 0 Å². The highest BCUT2D eigenvalue weighted by Gasteiger charge is 2.29. The number of esters is 1. The van der Waals surface area contributed by atoms with Gasteiger partial charge in [-0.15, -0.1) is 0 Å². The monoisotopic (exact) mass is 387 g/mol. The number of carbonyl (C=O) groups is 1. The first-order valence-corrected chi connectivity index (χ1v) is 10.1. The number of benzene rings is 2. The largest absolute Gasteiger partial charge is 0.422 e. The van der Waals surface area contributed by atoms with Crippen molar-refractivity contribution in [3.8, 4) is 5.75 Å². The van der Waals surface area contributed by atoms with E-state index in [0.29, 0.717) is 12.2 Å². The second-order valence-corrected chi connectivity index (χ2v) is 7.83. The zero-order valence-electron chi connectivity index (χ0n) is 15.1. The van der Waals surface area contributed by atoms with Crippen molar-refractivity contribution in [2.45, 2.75) is 37.7 Å². The Bertz CT molecular complexity index is 1040. The number of fused-ring (bicyclic) bond motifs is 1. The third-order valence-electron chi connectivity index (χ3n) is 4.13. The maximum absolute atomic E-state index is 12.6. The van der Waals surface area contributed by atoms with E-state index < -0.39 is 22.2 Å². The number of ether oxygens (including phenoxy) is 1. The summed E-state index contributed by atoms with van der Waals surface area (Å²) in [6.07, 6.45) is 1.15. The molecule has 0 spiro atoms. The van der Waals surface area contributed by atoms with E-state index >= 15 is 0 Å². The van der Waals surface area contributed by atoms with E-state index in [0.717, 1.165) is 16.5 Å². The van der Waals surface area contributed by atoms with E-state index in [1.54, 1.807) is 18.3 Å². The average molecular weight is 387 g/mol. The smallest absolute Gasteiger partial charge is 0.342 e. The topological polar surface area (TPSA) is 85.5 Å². The SMILES string of the molecule is CCCC(OS(=O)(=O)c1ccc(C)cc1)C(=O)Oc1c[nH]c2ccccc12. The molecule has 142 valence electrons. The molecule has 0 saturated carbocycles. The number of nitrogens with one attached hydrogen (secondary N) is 1. The summed E-state index contributed by atoms with van der Waals surface area (Å²) < 4.78 is 35.7. The van der Waals surface area contributed by atoms with Gasteiger partial charge in [-0.1, -0.05) is 43.2 Å². The first-order chi connectivity index (χ1) is 12.9. The molecule has 0 amide bonds. The Morgan fingerprint density at radius 2 is 1.81 bits per heavy atom. The van der Waals surface area contributed by atoms with Crippen LogP contribution in [0.25, 0.3) is 10.9 Å². The molecule has 1 N–H and O–H groups in total. The van der Waals surface area contributed by atoms with Crippen molar-refractivity contribution in [3.05, 3.63) is 60.3 Å². The second kappa shape index (κ2) is 7.94. The molecule has 1 atom stereocenters. The molecule has 1 heterocycles.